The molecule has 0 aliphatic heterocycles. The highest BCUT2D eigenvalue weighted by Crippen LogP contribution is 2.13. The summed E-state index contributed by atoms with van der Waals surface area (Å²) in [5.74, 6) is -0.948. The molecular formula is C25H25NO4. The molecule has 1 heterocycles. The molecule has 2 aromatic carbocycles. The zero-order valence-electron chi connectivity index (χ0n) is 17.1. The summed E-state index contributed by atoms with van der Waals surface area (Å²) in [6.45, 7) is 4.43. The number of aryl methyl sites for hydroxylation is 1. The van der Waals surface area contributed by atoms with E-state index in [4.69, 9.17) is 9.84 Å². The highest BCUT2D eigenvalue weighted by molar-refractivity contribution is 6.08. The van der Waals surface area contributed by atoms with Crippen LogP contribution in [0.2, 0.25) is 0 Å². The number of carboxylic acids is 1. The average molecular weight is 403 g/mol. The summed E-state index contributed by atoms with van der Waals surface area (Å²) in [6.07, 6.45) is 6.96. The third-order valence-electron chi connectivity index (χ3n) is 4.78. The SMILES string of the molecule is Cc1ccc(C(=O)c2ccn(CC=Cc3ccc(CO[C@H](C)C(=O)O)cc3)c2)cc1. The summed E-state index contributed by atoms with van der Waals surface area (Å²) in [4.78, 5) is 23.3. The van der Waals surface area contributed by atoms with Crippen molar-refractivity contribution in [1.82, 2.24) is 4.57 Å². The van der Waals surface area contributed by atoms with Gasteiger partial charge < -0.3 is 14.4 Å². The van der Waals surface area contributed by atoms with Crippen LogP contribution in [0.3, 0.4) is 0 Å². The molecule has 1 N–H and O–H groups in total. The van der Waals surface area contributed by atoms with Gasteiger partial charge in [-0.05, 0) is 31.0 Å². The van der Waals surface area contributed by atoms with E-state index in [0.717, 1.165) is 16.7 Å². The molecule has 5 heteroatoms. The van der Waals surface area contributed by atoms with Crippen LogP contribution in [-0.2, 0) is 22.7 Å². The van der Waals surface area contributed by atoms with Crippen molar-refractivity contribution in [2.45, 2.75) is 33.1 Å². The molecule has 1 atom stereocenters. The van der Waals surface area contributed by atoms with Gasteiger partial charge in [0, 0.05) is 30.1 Å². The van der Waals surface area contributed by atoms with Gasteiger partial charge in [-0.3, -0.25) is 4.79 Å². The Balaban J connectivity index is 1.54. The molecule has 0 aliphatic rings. The van der Waals surface area contributed by atoms with Gasteiger partial charge in [0.1, 0.15) is 0 Å². The van der Waals surface area contributed by atoms with Gasteiger partial charge in [0.25, 0.3) is 0 Å². The molecule has 3 rings (SSSR count). The van der Waals surface area contributed by atoms with Gasteiger partial charge in [-0.25, -0.2) is 4.79 Å². The van der Waals surface area contributed by atoms with Crippen molar-refractivity contribution in [2.24, 2.45) is 0 Å². The van der Waals surface area contributed by atoms with E-state index in [9.17, 15) is 9.59 Å². The van der Waals surface area contributed by atoms with Crippen LogP contribution in [0.4, 0.5) is 0 Å². The van der Waals surface area contributed by atoms with Crippen molar-refractivity contribution in [3.8, 4) is 0 Å². The molecule has 5 nitrogen and oxygen atoms in total. The Morgan fingerprint density at radius 1 is 1.03 bits per heavy atom. The van der Waals surface area contributed by atoms with Crippen LogP contribution in [0, 0.1) is 6.92 Å². The molecule has 0 saturated carbocycles. The number of carboxylic acid groups (broad SMARTS) is 1. The number of benzene rings is 2. The number of hydrogen-bond donors (Lipinski definition) is 1. The van der Waals surface area contributed by atoms with E-state index in [1.807, 2.05) is 90.6 Å². The molecule has 0 radical (unpaired) electrons. The van der Waals surface area contributed by atoms with Crippen molar-refractivity contribution in [3.05, 3.63) is 101 Å². The fourth-order valence-corrected chi connectivity index (χ4v) is 2.89. The topological polar surface area (TPSA) is 68.5 Å². The number of ketones is 1. The van der Waals surface area contributed by atoms with Crippen molar-refractivity contribution in [2.75, 3.05) is 0 Å². The Morgan fingerprint density at radius 2 is 1.73 bits per heavy atom. The average Bonchev–Trinajstić information content (AvgIpc) is 3.22. The van der Waals surface area contributed by atoms with Crippen molar-refractivity contribution in [3.63, 3.8) is 0 Å². The second-order valence-corrected chi connectivity index (χ2v) is 7.23. The van der Waals surface area contributed by atoms with E-state index < -0.39 is 12.1 Å². The Kier molecular flexibility index (Phi) is 6.99. The van der Waals surface area contributed by atoms with Crippen LogP contribution < -0.4 is 0 Å². The van der Waals surface area contributed by atoms with Crippen LogP contribution in [0.15, 0.2) is 73.1 Å². The van der Waals surface area contributed by atoms with E-state index in [-0.39, 0.29) is 12.4 Å². The van der Waals surface area contributed by atoms with Gasteiger partial charge in [-0.1, -0.05) is 66.2 Å². The first kappa shape index (κ1) is 21.3. The highest BCUT2D eigenvalue weighted by Gasteiger charge is 2.11. The van der Waals surface area contributed by atoms with Crippen LogP contribution >= 0.6 is 0 Å². The van der Waals surface area contributed by atoms with Gasteiger partial charge in [-0.2, -0.15) is 0 Å². The lowest BCUT2D eigenvalue weighted by Gasteiger charge is -2.08. The first-order valence-corrected chi connectivity index (χ1v) is 9.79. The smallest absolute Gasteiger partial charge is 0.332 e. The minimum Gasteiger partial charge on any atom is -0.479 e. The van der Waals surface area contributed by atoms with E-state index in [0.29, 0.717) is 17.7 Å². The summed E-state index contributed by atoms with van der Waals surface area (Å²) in [6, 6.07) is 17.2. The number of hydrogen-bond acceptors (Lipinski definition) is 3. The number of carbonyl (C=O) groups is 2. The molecule has 0 bridgehead atoms. The van der Waals surface area contributed by atoms with Crippen molar-refractivity contribution in [1.29, 1.82) is 0 Å². The predicted octanol–water partition coefficient (Wildman–Crippen LogP) is 4.73. The quantitative estimate of drug-likeness (QED) is 0.525. The third-order valence-corrected chi connectivity index (χ3v) is 4.78. The normalized spacial score (nSPS) is 12.2. The molecule has 0 amide bonds. The lowest BCUT2D eigenvalue weighted by atomic mass is 10.0. The Hall–Kier alpha value is -3.44. The maximum atomic E-state index is 12.6. The molecule has 1 aromatic heterocycles. The van der Waals surface area contributed by atoms with Crippen molar-refractivity contribution >= 4 is 17.8 Å². The zero-order chi connectivity index (χ0) is 21.5. The fourth-order valence-electron chi connectivity index (χ4n) is 2.89. The number of aliphatic carboxylic acids is 1. The molecular weight excluding hydrogens is 378 g/mol. The van der Waals surface area contributed by atoms with Crippen molar-refractivity contribution < 1.29 is 19.4 Å². The van der Waals surface area contributed by atoms with E-state index in [2.05, 4.69) is 0 Å². The minimum atomic E-state index is -0.969. The molecule has 154 valence electrons. The number of ether oxygens (including phenoxy) is 1. The Labute approximate surface area is 176 Å². The second kappa shape index (κ2) is 9.85. The van der Waals surface area contributed by atoms with Crippen LogP contribution in [0.25, 0.3) is 6.08 Å². The molecule has 0 aliphatic carbocycles. The summed E-state index contributed by atoms with van der Waals surface area (Å²) < 4.78 is 7.24. The Morgan fingerprint density at radius 3 is 2.40 bits per heavy atom. The number of rotatable bonds is 9. The number of aromatic nitrogens is 1. The third kappa shape index (κ3) is 5.78. The monoisotopic (exact) mass is 403 g/mol. The number of carbonyl (C=O) groups excluding carboxylic acids is 1. The summed E-state index contributed by atoms with van der Waals surface area (Å²) in [5.41, 5.74) is 4.45. The van der Waals surface area contributed by atoms with Gasteiger partial charge >= 0.3 is 5.97 Å². The second-order valence-electron chi connectivity index (χ2n) is 7.23. The maximum absolute atomic E-state index is 12.6. The number of nitrogens with zero attached hydrogens (tertiary/aromatic N) is 1. The molecule has 30 heavy (non-hydrogen) atoms. The Bertz CT molecular complexity index is 1030. The molecule has 0 fully saturated rings. The maximum Gasteiger partial charge on any atom is 0.332 e. The summed E-state index contributed by atoms with van der Waals surface area (Å²) >= 11 is 0. The van der Waals surface area contributed by atoms with Crippen LogP contribution in [-0.4, -0.2) is 27.5 Å². The molecule has 0 unspecified atom stereocenters. The zero-order valence-corrected chi connectivity index (χ0v) is 17.1. The minimum absolute atomic E-state index is 0.0211. The van der Waals surface area contributed by atoms with E-state index in [1.165, 1.54) is 6.92 Å². The number of allylic oxidation sites excluding steroid dienone is 1. The summed E-state index contributed by atoms with van der Waals surface area (Å²) in [5, 5.41) is 8.84. The summed E-state index contributed by atoms with van der Waals surface area (Å²) in [7, 11) is 0. The lowest BCUT2D eigenvalue weighted by molar-refractivity contribution is -0.149. The van der Waals surface area contributed by atoms with E-state index >= 15 is 0 Å². The van der Waals surface area contributed by atoms with Crippen LogP contribution in [0.5, 0.6) is 0 Å². The molecule has 3 aromatic rings. The van der Waals surface area contributed by atoms with Gasteiger partial charge in [0.05, 0.1) is 6.61 Å². The lowest BCUT2D eigenvalue weighted by Crippen LogP contribution is -2.19. The first-order chi connectivity index (χ1) is 14.4. The van der Waals surface area contributed by atoms with Crippen LogP contribution in [0.1, 0.15) is 39.5 Å². The molecule has 0 saturated heterocycles. The largest absolute Gasteiger partial charge is 0.479 e. The standard InChI is InChI=1S/C25H25NO4/c1-18-5-11-22(12-6-18)24(27)23-13-15-26(16-23)14-3-4-20-7-9-21(10-8-20)17-30-19(2)25(28)29/h3-13,15-16,19H,14,17H2,1-2H3,(H,28,29)/t19-/m1/s1. The van der Waals surface area contributed by atoms with Gasteiger partial charge in [0.15, 0.2) is 11.9 Å². The van der Waals surface area contributed by atoms with Gasteiger partial charge in [0.2, 0.25) is 0 Å². The predicted molar refractivity (Wildman–Crippen MR) is 116 cm³/mol. The first-order valence-electron chi connectivity index (χ1n) is 9.79. The highest BCUT2D eigenvalue weighted by atomic mass is 16.5. The van der Waals surface area contributed by atoms with E-state index in [1.54, 1.807) is 0 Å². The molecule has 0 spiro atoms. The fraction of sp³-hybridized carbons (Fsp3) is 0.200. The van der Waals surface area contributed by atoms with Gasteiger partial charge in [-0.15, -0.1) is 0 Å².